The van der Waals surface area contributed by atoms with Crippen LogP contribution in [-0.4, -0.2) is 39.9 Å². The van der Waals surface area contributed by atoms with E-state index in [0.29, 0.717) is 18.7 Å². The average molecular weight is 346 g/mol. The smallest absolute Gasteiger partial charge is 0.257 e. The number of nitrogens with zero attached hydrogens (tertiary/aromatic N) is 1. The molecule has 2 aromatic carbocycles. The van der Waals surface area contributed by atoms with Crippen molar-refractivity contribution in [2.45, 2.75) is 19.4 Å². The maximum atomic E-state index is 11.6. The SMILES string of the molecule is COc1cccc(CN(CC(=O)NO)Cc2cccc(C(O)O)c2)c1. The maximum Gasteiger partial charge on any atom is 0.257 e. The van der Waals surface area contributed by atoms with Crippen molar-refractivity contribution in [1.29, 1.82) is 0 Å². The molecule has 0 atom stereocenters. The molecule has 0 unspecified atom stereocenters. The monoisotopic (exact) mass is 346 g/mol. The molecule has 0 aliphatic rings. The first-order valence-electron chi connectivity index (χ1n) is 7.75. The van der Waals surface area contributed by atoms with E-state index in [0.717, 1.165) is 16.9 Å². The number of aliphatic hydroxyl groups excluding tert-OH is 1. The number of hydrogen-bond acceptors (Lipinski definition) is 6. The van der Waals surface area contributed by atoms with E-state index < -0.39 is 12.2 Å². The second-order valence-corrected chi connectivity index (χ2v) is 5.65. The molecule has 7 nitrogen and oxygen atoms in total. The van der Waals surface area contributed by atoms with E-state index in [-0.39, 0.29) is 6.54 Å². The van der Waals surface area contributed by atoms with Gasteiger partial charge in [-0.2, -0.15) is 0 Å². The van der Waals surface area contributed by atoms with Crippen LogP contribution in [0.15, 0.2) is 48.5 Å². The summed E-state index contributed by atoms with van der Waals surface area (Å²) in [4.78, 5) is 13.4. The minimum atomic E-state index is -1.55. The van der Waals surface area contributed by atoms with Gasteiger partial charge in [0.25, 0.3) is 5.91 Å². The predicted molar refractivity (Wildman–Crippen MR) is 90.7 cm³/mol. The third-order valence-electron chi connectivity index (χ3n) is 3.69. The van der Waals surface area contributed by atoms with Crippen molar-refractivity contribution < 1.29 is 25.0 Å². The molecule has 2 aromatic rings. The molecule has 0 saturated carbocycles. The number of hydroxylamine groups is 1. The number of carbonyl (C=O) groups excluding carboxylic acids is 1. The van der Waals surface area contributed by atoms with Crippen LogP contribution in [0.3, 0.4) is 0 Å². The van der Waals surface area contributed by atoms with Crippen molar-refractivity contribution in [1.82, 2.24) is 10.4 Å². The number of benzene rings is 2. The highest BCUT2D eigenvalue weighted by atomic mass is 16.5. The summed E-state index contributed by atoms with van der Waals surface area (Å²) in [5.74, 6) is 0.190. The zero-order valence-corrected chi connectivity index (χ0v) is 13.9. The molecule has 134 valence electrons. The summed E-state index contributed by atoms with van der Waals surface area (Å²) < 4.78 is 5.21. The summed E-state index contributed by atoms with van der Waals surface area (Å²) in [6.45, 7) is 0.835. The molecule has 7 heteroatoms. The maximum absolute atomic E-state index is 11.6. The lowest BCUT2D eigenvalue weighted by molar-refractivity contribution is -0.130. The quantitative estimate of drug-likeness (QED) is 0.325. The molecule has 4 N–H and O–H groups in total. The van der Waals surface area contributed by atoms with Crippen molar-refractivity contribution in [3.05, 3.63) is 65.2 Å². The molecule has 0 aromatic heterocycles. The normalized spacial score (nSPS) is 11.0. The highest BCUT2D eigenvalue weighted by molar-refractivity contribution is 5.76. The molecule has 2 rings (SSSR count). The van der Waals surface area contributed by atoms with E-state index in [2.05, 4.69) is 0 Å². The minimum absolute atomic E-state index is 0.0143. The minimum Gasteiger partial charge on any atom is -0.497 e. The van der Waals surface area contributed by atoms with Crippen LogP contribution in [0.2, 0.25) is 0 Å². The van der Waals surface area contributed by atoms with E-state index in [1.165, 1.54) is 0 Å². The molecular formula is C18H22N2O5. The van der Waals surface area contributed by atoms with Crippen LogP contribution in [0.4, 0.5) is 0 Å². The number of amides is 1. The topological polar surface area (TPSA) is 102 Å². The lowest BCUT2D eigenvalue weighted by Crippen LogP contribution is -2.35. The Labute approximate surface area is 146 Å². The molecule has 1 amide bonds. The summed E-state index contributed by atoms with van der Waals surface area (Å²) in [5.41, 5.74) is 3.78. The largest absolute Gasteiger partial charge is 0.497 e. The number of nitrogens with one attached hydrogen (secondary N) is 1. The summed E-state index contributed by atoms with van der Waals surface area (Å²) >= 11 is 0. The molecule has 0 aliphatic heterocycles. The van der Waals surface area contributed by atoms with Crippen molar-refractivity contribution in [3.63, 3.8) is 0 Å². The van der Waals surface area contributed by atoms with E-state index in [1.807, 2.05) is 35.2 Å². The first kappa shape index (κ1) is 18.9. The number of aliphatic hydroxyl groups is 2. The summed E-state index contributed by atoms with van der Waals surface area (Å²) in [6, 6.07) is 14.3. The Morgan fingerprint density at radius 3 is 2.36 bits per heavy atom. The van der Waals surface area contributed by atoms with Gasteiger partial charge in [0.15, 0.2) is 6.29 Å². The fraction of sp³-hybridized carbons (Fsp3) is 0.278. The first-order valence-corrected chi connectivity index (χ1v) is 7.75. The van der Waals surface area contributed by atoms with Gasteiger partial charge in [-0.15, -0.1) is 0 Å². The zero-order valence-electron chi connectivity index (χ0n) is 13.9. The van der Waals surface area contributed by atoms with Gasteiger partial charge >= 0.3 is 0 Å². The van der Waals surface area contributed by atoms with Gasteiger partial charge in [0.2, 0.25) is 0 Å². The van der Waals surface area contributed by atoms with Crippen molar-refractivity contribution >= 4 is 5.91 Å². The van der Waals surface area contributed by atoms with Crippen LogP contribution in [-0.2, 0) is 17.9 Å². The summed E-state index contributed by atoms with van der Waals surface area (Å²) in [5, 5.41) is 27.4. The van der Waals surface area contributed by atoms with E-state index in [9.17, 15) is 15.0 Å². The second-order valence-electron chi connectivity index (χ2n) is 5.65. The van der Waals surface area contributed by atoms with E-state index in [4.69, 9.17) is 9.94 Å². The zero-order chi connectivity index (χ0) is 18.2. The average Bonchev–Trinajstić information content (AvgIpc) is 2.61. The first-order chi connectivity index (χ1) is 12.0. The van der Waals surface area contributed by atoms with Gasteiger partial charge in [-0.3, -0.25) is 14.9 Å². The Balaban J connectivity index is 2.17. The van der Waals surface area contributed by atoms with Crippen LogP contribution in [0.1, 0.15) is 23.0 Å². The van der Waals surface area contributed by atoms with Gasteiger partial charge in [0, 0.05) is 18.7 Å². The highest BCUT2D eigenvalue weighted by Gasteiger charge is 2.13. The molecule has 0 heterocycles. The number of hydrogen-bond donors (Lipinski definition) is 4. The van der Waals surface area contributed by atoms with Crippen LogP contribution < -0.4 is 10.2 Å². The Morgan fingerprint density at radius 2 is 1.76 bits per heavy atom. The van der Waals surface area contributed by atoms with Gasteiger partial charge in [0.05, 0.1) is 13.7 Å². The van der Waals surface area contributed by atoms with Gasteiger partial charge in [0.1, 0.15) is 5.75 Å². The van der Waals surface area contributed by atoms with Crippen LogP contribution >= 0.6 is 0 Å². The number of carbonyl (C=O) groups is 1. The molecule has 0 spiro atoms. The van der Waals surface area contributed by atoms with Gasteiger partial charge in [-0.1, -0.05) is 30.3 Å². The van der Waals surface area contributed by atoms with Crippen LogP contribution in [0.25, 0.3) is 0 Å². The fourth-order valence-corrected chi connectivity index (χ4v) is 2.55. The fourth-order valence-electron chi connectivity index (χ4n) is 2.55. The summed E-state index contributed by atoms with van der Waals surface area (Å²) in [6.07, 6.45) is -1.55. The van der Waals surface area contributed by atoms with Crippen molar-refractivity contribution in [2.24, 2.45) is 0 Å². The van der Waals surface area contributed by atoms with Gasteiger partial charge in [-0.25, -0.2) is 5.48 Å². The van der Waals surface area contributed by atoms with E-state index >= 15 is 0 Å². The Kier molecular flexibility index (Phi) is 6.91. The Hall–Kier alpha value is -2.45. The predicted octanol–water partition coefficient (Wildman–Crippen LogP) is 1.19. The Morgan fingerprint density at radius 1 is 1.12 bits per heavy atom. The molecule has 0 aliphatic carbocycles. The second kappa shape index (κ2) is 9.14. The molecule has 0 saturated heterocycles. The third-order valence-corrected chi connectivity index (χ3v) is 3.69. The molecule has 0 fully saturated rings. The standard InChI is InChI=1S/C18H22N2O5/c1-25-16-7-3-5-14(9-16)11-20(12-17(21)19-24)10-13-4-2-6-15(8-13)18(22)23/h2-9,18,22-24H,10-12H2,1H3,(H,19,21). The lowest BCUT2D eigenvalue weighted by Gasteiger charge is -2.22. The van der Waals surface area contributed by atoms with Crippen LogP contribution in [0, 0.1) is 0 Å². The number of methoxy groups -OCH3 is 1. The lowest BCUT2D eigenvalue weighted by atomic mass is 10.1. The van der Waals surface area contributed by atoms with Gasteiger partial charge in [-0.05, 0) is 29.3 Å². The van der Waals surface area contributed by atoms with E-state index in [1.54, 1.807) is 30.8 Å². The molecular weight excluding hydrogens is 324 g/mol. The number of ether oxygens (including phenoxy) is 1. The van der Waals surface area contributed by atoms with Crippen molar-refractivity contribution in [3.8, 4) is 5.75 Å². The van der Waals surface area contributed by atoms with Crippen LogP contribution in [0.5, 0.6) is 5.75 Å². The Bertz CT molecular complexity index is 705. The highest BCUT2D eigenvalue weighted by Crippen LogP contribution is 2.17. The molecule has 0 radical (unpaired) electrons. The number of rotatable bonds is 8. The molecule has 25 heavy (non-hydrogen) atoms. The third kappa shape index (κ3) is 5.84. The van der Waals surface area contributed by atoms with Crippen molar-refractivity contribution in [2.75, 3.05) is 13.7 Å². The summed E-state index contributed by atoms with van der Waals surface area (Å²) in [7, 11) is 1.59. The molecule has 0 bridgehead atoms. The van der Waals surface area contributed by atoms with Gasteiger partial charge < -0.3 is 14.9 Å².